The lowest BCUT2D eigenvalue weighted by molar-refractivity contribution is 0.205. The number of hydrogen-bond donors (Lipinski definition) is 1. The highest BCUT2D eigenvalue weighted by Crippen LogP contribution is 2.38. The van der Waals surface area contributed by atoms with Crippen LogP contribution in [0, 0.1) is 12.8 Å². The molecule has 1 fully saturated rings. The van der Waals surface area contributed by atoms with Crippen molar-refractivity contribution in [2.24, 2.45) is 13.0 Å². The number of benzene rings is 1. The van der Waals surface area contributed by atoms with Crippen molar-refractivity contribution >= 4 is 30.6 Å². The van der Waals surface area contributed by atoms with Gasteiger partial charge in [-0.05, 0) is 55.9 Å². The first-order valence-electron chi connectivity index (χ1n) is 10.1. The lowest BCUT2D eigenvalue weighted by Crippen LogP contribution is -2.43. The molecule has 5 nitrogen and oxygen atoms in total. The molecule has 1 saturated heterocycles. The summed E-state index contributed by atoms with van der Waals surface area (Å²) in [7, 11) is 0.318. The van der Waals surface area contributed by atoms with Crippen LogP contribution in [-0.4, -0.2) is 37.8 Å². The van der Waals surface area contributed by atoms with E-state index in [1.165, 1.54) is 5.39 Å². The minimum absolute atomic E-state index is 0.277. The van der Waals surface area contributed by atoms with Crippen molar-refractivity contribution in [2.75, 3.05) is 30.3 Å². The topological polar surface area (TPSA) is 56.3 Å². The standard InChI is InChI=1S/C21H36N4OSi/c1-15-17-12-20(18(22)13-19(17)24(5)23-15)25-10-8-16(9-11-25)14-26-27(6,7)21(2,3)4/h12-13,16H,8-11,14,22H2,1-7H3. The second-order valence-electron chi connectivity index (χ2n) is 9.64. The Kier molecular flexibility index (Phi) is 5.34. The van der Waals surface area contributed by atoms with Gasteiger partial charge in [0.05, 0.1) is 22.6 Å². The number of hydrogen-bond acceptors (Lipinski definition) is 4. The molecule has 27 heavy (non-hydrogen) atoms. The third-order valence-corrected chi connectivity index (χ3v) is 11.1. The maximum Gasteiger partial charge on any atom is 0.191 e. The van der Waals surface area contributed by atoms with E-state index in [-0.39, 0.29) is 5.04 Å². The normalized spacial score (nSPS) is 17.1. The molecule has 1 aromatic heterocycles. The second-order valence-corrected chi connectivity index (χ2v) is 14.4. The number of aromatic nitrogens is 2. The number of fused-ring (bicyclic) bond motifs is 1. The van der Waals surface area contributed by atoms with Crippen molar-refractivity contribution in [2.45, 2.75) is 58.7 Å². The first-order chi connectivity index (χ1) is 12.5. The van der Waals surface area contributed by atoms with Crippen LogP contribution in [0.2, 0.25) is 18.1 Å². The summed E-state index contributed by atoms with van der Waals surface area (Å²) in [6.07, 6.45) is 2.33. The molecular formula is C21H36N4OSi. The molecule has 1 aliphatic heterocycles. The van der Waals surface area contributed by atoms with Crippen LogP contribution in [-0.2, 0) is 11.5 Å². The summed E-state index contributed by atoms with van der Waals surface area (Å²) in [5.74, 6) is 0.653. The Morgan fingerprint density at radius 2 is 1.85 bits per heavy atom. The molecule has 0 saturated carbocycles. The van der Waals surface area contributed by atoms with Gasteiger partial charge in [0.2, 0.25) is 0 Å². The average Bonchev–Trinajstić information content (AvgIpc) is 2.85. The van der Waals surface area contributed by atoms with Crippen molar-refractivity contribution in [3.05, 3.63) is 17.8 Å². The summed E-state index contributed by atoms with van der Waals surface area (Å²) in [4.78, 5) is 2.43. The number of anilines is 2. The fourth-order valence-corrected chi connectivity index (χ4v) is 4.73. The smallest absolute Gasteiger partial charge is 0.191 e. The highest BCUT2D eigenvalue weighted by Gasteiger charge is 2.37. The van der Waals surface area contributed by atoms with Gasteiger partial charge in [-0.1, -0.05) is 20.8 Å². The summed E-state index contributed by atoms with van der Waals surface area (Å²) in [6, 6.07) is 4.29. The molecule has 0 amide bonds. The summed E-state index contributed by atoms with van der Waals surface area (Å²) in [6.45, 7) is 16.7. The second kappa shape index (κ2) is 7.13. The third-order valence-electron chi connectivity index (χ3n) is 6.62. The quantitative estimate of drug-likeness (QED) is 0.609. The van der Waals surface area contributed by atoms with Gasteiger partial charge in [-0.15, -0.1) is 0 Å². The molecule has 2 heterocycles. The van der Waals surface area contributed by atoms with Crippen molar-refractivity contribution in [1.82, 2.24) is 9.78 Å². The fourth-order valence-electron chi connectivity index (χ4n) is 3.64. The first-order valence-corrected chi connectivity index (χ1v) is 13.0. The lowest BCUT2D eigenvalue weighted by Gasteiger charge is -2.39. The van der Waals surface area contributed by atoms with Crippen molar-refractivity contribution in [1.29, 1.82) is 0 Å². The maximum absolute atomic E-state index is 6.46. The van der Waals surface area contributed by atoms with Crippen LogP contribution in [0.15, 0.2) is 12.1 Å². The molecule has 0 spiro atoms. The predicted octanol–water partition coefficient (Wildman–Crippen LogP) is 4.70. The number of aryl methyl sites for hydroxylation is 2. The van der Waals surface area contributed by atoms with E-state index >= 15 is 0 Å². The molecule has 1 aliphatic rings. The third kappa shape index (κ3) is 4.01. The van der Waals surface area contributed by atoms with E-state index in [4.69, 9.17) is 10.2 Å². The summed E-state index contributed by atoms with van der Waals surface area (Å²) >= 11 is 0. The van der Waals surface area contributed by atoms with E-state index in [2.05, 4.69) is 62.9 Å². The zero-order chi connectivity index (χ0) is 20.0. The average molecular weight is 389 g/mol. The van der Waals surface area contributed by atoms with E-state index in [1.807, 2.05) is 11.7 Å². The van der Waals surface area contributed by atoms with E-state index in [1.54, 1.807) is 0 Å². The number of nitrogens with two attached hydrogens (primary N) is 1. The van der Waals surface area contributed by atoms with Crippen molar-refractivity contribution < 1.29 is 4.43 Å². The molecule has 6 heteroatoms. The molecule has 3 rings (SSSR count). The number of nitrogen functional groups attached to an aromatic ring is 1. The van der Waals surface area contributed by atoms with Gasteiger partial charge in [0.15, 0.2) is 8.32 Å². The number of rotatable bonds is 4. The molecule has 150 valence electrons. The lowest BCUT2D eigenvalue weighted by atomic mass is 9.97. The Bertz CT molecular complexity index is 814. The molecule has 0 bridgehead atoms. The van der Waals surface area contributed by atoms with Crippen LogP contribution in [0.5, 0.6) is 0 Å². The zero-order valence-electron chi connectivity index (χ0n) is 18.1. The largest absolute Gasteiger partial charge is 0.417 e. The van der Waals surface area contributed by atoms with Crippen LogP contribution in [0.4, 0.5) is 11.4 Å². The van der Waals surface area contributed by atoms with Crippen LogP contribution in [0.25, 0.3) is 10.9 Å². The Labute approximate surface area is 165 Å². The van der Waals surface area contributed by atoms with E-state index in [9.17, 15) is 0 Å². The van der Waals surface area contributed by atoms with E-state index in [0.29, 0.717) is 5.92 Å². The molecule has 2 aromatic rings. The molecule has 0 aliphatic carbocycles. The SMILES string of the molecule is Cc1nn(C)c2cc(N)c(N3CCC(CO[Si](C)(C)C(C)(C)C)CC3)cc12. The predicted molar refractivity (Wildman–Crippen MR) is 118 cm³/mol. The van der Waals surface area contributed by atoms with Crippen LogP contribution in [0.3, 0.4) is 0 Å². The summed E-state index contributed by atoms with van der Waals surface area (Å²) in [5, 5.41) is 6.00. The van der Waals surface area contributed by atoms with Gasteiger partial charge in [-0.3, -0.25) is 4.68 Å². The van der Waals surface area contributed by atoms with Gasteiger partial charge in [-0.2, -0.15) is 5.10 Å². The van der Waals surface area contributed by atoms with Crippen molar-refractivity contribution in [3.8, 4) is 0 Å². The van der Waals surface area contributed by atoms with E-state index < -0.39 is 8.32 Å². The van der Waals surface area contributed by atoms with Gasteiger partial charge >= 0.3 is 0 Å². The van der Waals surface area contributed by atoms with Gasteiger partial charge < -0.3 is 15.1 Å². The fraction of sp³-hybridized carbons (Fsp3) is 0.667. The highest BCUT2D eigenvalue weighted by atomic mass is 28.4. The minimum atomic E-state index is -1.66. The summed E-state index contributed by atoms with van der Waals surface area (Å²) < 4.78 is 8.37. The molecule has 1 aromatic carbocycles. The van der Waals surface area contributed by atoms with Crippen LogP contribution < -0.4 is 10.6 Å². The Morgan fingerprint density at radius 3 is 2.44 bits per heavy atom. The van der Waals surface area contributed by atoms with Gasteiger partial charge in [0.1, 0.15) is 0 Å². The Morgan fingerprint density at radius 1 is 1.22 bits per heavy atom. The molecule has 0 radical (unpaired) electrons. The molecule has 0 atom stereocenters. The van der Waals surface area contributed by atoms with Crippen LogP contribution in [0.1, 0.15) is 39.3 Å². The van der Waals surface area contributed by atoms with E-state index in [0.717, 1.165) is 55.1 Å². The first kappa shape index (κ1) is 20.2. The maximum atomic E-state index is 6.46. The molecule has 0 unspecified atom stereocenters. The highest BCUT2D eigenvalue weighted by molar-refractivity contribution is 6.74. The summed E-state index contributed by atoms with van der Waals surface area (Å²) in [5.41, 5.74) is 10.6. The Hall–Kier alpha value is -1.53. The monoisotopic (exact) mass is 388 g/mol. The number of nitrogens with zero attached hydrogens (tertiary/aromatic N) is 3. The number of piperidine rings is 1. The van der Waals surface area contributed by atoms with Crippen LogP contribution >= 0.6 is 0 Å². The van der Waals surface area contributed by atoms with Gasteiger partial charge in [0.25, 0.3) is 0 Å². The molecular weight excluding hydrogens is 352 g/mol. The minimum Gasteiger partial charge on any atom is -0.417 e. The zero-order valence-corrected chi connectivity index (χ0v) is 19.1. The van der Waals surface area contributed by atoms with Gasteiger partial charge in [-0.25, -0.2) is 0 Å². The Balaban J connectivity index is 1.65. The molecule has 2 N–H and O–H groups in total. The van der Waals surface area contributed by atoms with Gasteiger partial charge in [0, 0.05) is 32.1 Å². The van der Waals surface area contributed by atoms with Crippen molar-refractivity contribution in [3.63, 3.8) is 0 Å².